The summed E-state index contributed by atoms with van der Waals surface area (Å²) in [5.41, 5.74) is 1.22. The van der Waals surface area contributed by atoms with E-state index in [1.54, 1.807) is 0 Å². The predicted octanol–water partition coefficient (Wildman–Crippen LogP) is 3.48. The zero-order valence-corrected chi connectivity index (χ0v) is 14.8. The molecule has 4 nitrogen and oxygen atoms in total. The first-order chi connectivity index (χ1) is 9.70. The fourth-order valence-electron chi connectivity index (χ4n) is 2.65. The fraction of sp³-hybridized carbons (Fsp3) is 0.750. The van der Waals surface area contributed by atoms with Gasteiger partial charge in [0.05, 0.1) is 0 Å². The van der Waals surface area contributed by atoms with E-state index in [2.05, 4.69) is 49.4 Å². The molecule has 0 amide bonds. The van der Waals surface area contributed by atoms with Crippen molar-refractivity contribution in [2.75, 3.05) is 31.1 Å². The molecular weight excluding hydrogens is 284 g/mol. The second kappa shape index (κ2) is 6.09. The Balaban J connectivity index is 2.20. The van der Waals surface area contributed by atoms with Crippen LogP contribution in [0.4, 0.5) is 5.82 Å². The standard InChI is InChI=1S/C16H27ClN4/c1-11(2)14-18-13(17)12(3)15(19-14)20-7-9-21(10-8-20)16(4,5)6/h11H,7-10H2,1-6H3. The minimum absolute atomic E-state index is 0.230. The van der Waals surface area contributed by atoms with Gasteiger partial charge in [0.25, 0.3) is 0 Å². The van der Waals surface area contributed by atoms with Crippen molar-refractivity contribution >= 4 is 17.4 Å². The van der Waals surface area contributed by atoms with E-state index >= 15 is 0 Å². The molecule has 0 atom stereocenters. The van der Waals surface area contributed by atoms with Crippen molar-refractivity contribution in [1.29, 1.82) is 0 Å². The molecule has 2 heterocycles. The number of piperazine rings is 1. The van der Waals surface area contributed by atoms with Crippen LogP contribution < -0.4 is 4.90 Å². The summed E-state index contributed by atoms with van der Waals surface area (Å²) in [6.45, 7) is 17.1. The summed E-state index contributed by atoms with van der Waals surface area (Å²) in [6.07, 6.45) is 0. The molecule has 0 saturated carbocycles. The van der Waals surface area contributed by atoms with E-state index in [1.165, 1.54) is 0 Å². The summed E-state index contributed by atoms with van der Waals surface area (Å²) < 4.78 is 0. The molecule has 5 heteroatoms. The van der Waals surface area contributed by atoms with Crippen LogP contribution in [0.5, 0.6) is 0 Å². The van der Waals surface area contributed by atoms with Gasteiger partial charge in [-0.25, -0.2) is 9.97 Å². The third-order valence-electron chi connectivity index (χ3n) is 4.12. The summed E-state index contributed by atoms with van der Waals surface area (Å²) >= 11 is 6.30. The second-order valence-corrected chi connectivity index (χ2v) is 7.48. The lowest BCUT2D eigenvalue weighted by atomic mass is 10.0. The van der Waals surface area contributed by atoms with Crippen LogP contribution in [-0.2, 0) is 0 Å². The molecule has 1 aliphatic rings. The highest BCUT2D eigenvalue weighted by Crippen LogP contribution is 2.27. The van der Waals surface area contributed by atoms with Gasteiger partial charge in [0.2, 0.25) is 0 Å². The van der Waals surface area contributed by atoms with E-state index < -0.39 is 0 Å². The monoisotopic (exact) mass is 310 g/mol. The molecule has 0 bridgehead atoms. The number of hydrogen-bond acceptors (Lipinski definition) is 4. The van der Waals surface area contributed by atoms with E-state index in [0.29, 0.717) is 5.15 Å². The third-order valence-corrected chi connectivity index (χ3v) is 4.49. The van der Waals surface area contributed by atoms with Crippen LogP contribution in [0.15, 0.2) is 0 Å². The van der Waals surface area contributed by atoms with Crippen LogP contribution in [0.1, 0.15) is 51.9 Å². The largest absolute Gasteiger partial charge is 0.354 e. The van der Waals surface area contributed by atoms with Gasteiger partial charge in [0, 0.05) is 43.2 Å². The molecule has 0 unspecified atom stereocenters. The van der Waals surface area contributed by atoms with Crippen LogP contribution in [0.2, 0.25) is 5.15 Å². The van der Waals surface area contributed by atoms with Gasteiger partial charge in [-0.15, -0.1) is 0 Å². The molecular formula is C16H27ClN4. The molecule has 0 aromatic carbocycles. The van der Waals surface area contributed by atoms with Gasteiger partial charge in [0.15, 0.2) is 0 Å². The van der Waals surface area contributed by atoms with Gasteiger partial charge in [0.1, 0.15) is 16.8 Å². The Labute approximate surface area is 133 Å². The molecule has 2 rings (SSSR count). The molecule has 0 N–H and O–H groups in total. The number of rotatable bonds is 2. The SMILES string of the molecule is Cc1c(Cl)nc(C(C)C)nc1N1CCN(C(C)(C)C)CC1. The van der Waals surface area contributed by atoms with Crippen molar-refractivity contribution in [3.05, 3.63) is 16.5 Å². The van der Waals surface area contributed by atoms with Gasteiger partial charge < -0.3 is 4.90 Å². The van der Waals surface area contributed by atoms with Gasteiger partial charge in [-0.05, 0) is 27.7 Å². The summed E-state index contributed by atoms with van der Waals surface area (Å²) in [6, 6.07) is 0. The zero-order chi connectivity index (χ0) is 15.8. The highest BCUT2D eigenvalue weighted by Gasteiger charge is 2.27. The zero-order valence-electron chi connectivity index (χ0n) is 14.1. The predicted molar refractivity (Wildman–Crippen MR) is 89.4 cm³/mol. The molecule has 1 fully saturated rings. The highest BCUT2D eigenvalue weighted by molar-refractivity contribution is 6.30. The maximum Gasteiger partial charge on any atom is 0.137 e. The summed E-state index contributed by atoms with van der Waals surface area (Å²) in [7, 11) is 0. The maximum absolute atomic E-state index is 6.30. The van der Waals surface area contributed by atoms with E-state index in [4.69, 9.17) is 16.6 Å². The Hall–Kier alpha value is -0.870. The Morgan fingerprint density at radius 1 is 1.05 bits per heavy atom. The lowest BCUT2D eigenvalue weighted by molar-refractivity contribution is 0.128. The van der Waals surface area contributed by atoms with Crippen LogP contribution in [0.3, 0.4) is 0 Å². The molecule has 118 valence electrons. The van der Waals surface area contributed by atoms with Crippen molar-refractivity contribution in [2.24, 2.45) is 0 Å². The second-order valence-electron chi connectivity index (χ2n) is 7.12. The van der Waals surface area contributed by atoms with Crippen molar-refractivity contribution < 1.29 is 0 Å². The van der Waals surface area contributed by atoms with Crippen molar-refractivity contribution in [3.8, 4) is 0 Å². The Morgan fingerprint density at radius 2 is 1.62 bits per heavy atom. The molecule has 0 spiro atoms. The van der Waals surface area contributed by atoms with E-state index in [0.717, 1.165) is 43.4 Å². The first-order valence-electron chi connectivity index (χ1n) is 7.74. The lowest BCUT2D eigenvalue weighted by Crippen LogP contribution is -2.53. The quantitative estimate of drug-likeness (QED) is 0.783. The first-order valence-corrected chi connectivity index (χ1v) is 8.12. The van der Waals surface area contributed by atoms with Gasteiger partial charge in [-0.1, -0.05) is 25.4 Å². The van der Waals surface area contributed by atoms with Crippen LogP contribution in [0, 0.1) is 6.92 Å². The topological polar surface area (TPSA) is 32.3 Å². The summed E-state index contributed by atoms with van der Waals surface area (Å²) in [5, 5.41) is 0.585. The number of aromatic nitrogens is 2. The fourth-order valence-corrected chi connectivity index (χ4v) is 2.82. The minimum Gasteiger partial charge on any atom is -0.354 e. The average Bonchev–Trinajstić information content (AvgIpc) is 2.40. The molecule has 21 heavy (non-hydrogen) atoms. The Bertz CT molecular complexity index is 500. The number of hydrogen-bond donors (Lipinski definition) is 0. The van der Waals surface area contributed by atoms with Crippen LogP contribution >= 0.6 is 11.6 Å². The van der Waals surface area contributed by atoms with Crippen molar-refractivity contribution in [3.63, 3.8) is 0 Å². The molecule has 0 aliphatic carbocycles. The van der Waals surface area contributed by atoms with Crippen molar-refractivity contribution in [1.82, 2.24) is 14.9 Å². The average molecular weight is 311 g/mol. The molecule has 1 saturated heterocycles. The number of anilines is 1. The van der Waals surface area contributed by atoms with E-state index in [9.17, 15) is 0 Å². The maximum atomic E-state index is 6.30. The van der Waals surface area contributed by atoms with Crippen molar-refractivity contribution in [2.45, 2.75) is 53.0 Å². The summed E-state index contributed by atoms with van der Waals surface area (Å²) in [4.78, 5) is 14.0. The summed E-state index contributed by atoms with van der Waals surface area (Å²) in [5.74, 6) is 2.13. The lowest BCUT2D eigenvalue weighted by Gasteiger charge is -2.43. The van der Waals surface area contributed by atoms with E-state index in [-0.39, 0.29) is 11.5 Å². The number of halogens is 1. The Kier molecular flexibility index (Phi) is 4.79. The van der Waals surface area contributed by atoms with Gasteiger partial charge in [-0.3, -0.25) is 4.90 Å². The minimum atomic E-state index is 0.230. The van der Waals surface area contributed by atoms with Gasteiger partial charge in [-0.2, -0.15) is 0 Å². The molecule has 1 aromatic heterocycles. The normalized spacial score (nSPS) is 17.6. The van der Waals surface area contributed by atoms with Crippen LogP contribution in [-0.4, -0.2) is 46.6 Å². The highest BCUT2D eigenvalue weighted by atomic mass is 35.5. The molecule has 0 radical (unpaired) electrons. The van der Waals surface area contributed by atoms with Crippen LogP contribution in [0.25, 0.3) is 0 Å². The van der Waals surface area contributed by atoms with Gasteiger partial charge >= 0.3 is 0 Å². The third kappa shape index (κ3) is 3.67. The molecule has 1 aromatic rings. The number of nitrogens with zero attached hydrogens (tertiary/aromatic N) is 4. The van der Waals surface area contributed by atoms with E-state index in [1.807, 2.05) is 6.92 Å². The smallest absolute Gasteiger partial charge is 0.137 e. The Morgan fingerprint density at radius 3 is 2.10 bits per heavy atom. The first kappa shape index (κ1) is 16.5. The molecule has 1 aliphatic heterocycles.